The zero-order valence-electron chi connectivity index (χ0n) is 19.1. The van der Waals surface area contributed by atoms with Gasteiger partial charge in [-0.2, -0.15) is 4.31 Å². The van der Waals surface area contributed by atoms with Crippen LogP contribution >= 0.6 is 0 Å². The van der Waals surface area contributed by atoms with Crippen molar-refractivity contribution in [3.8, 4) is 0 Å². The van der Waals surface area contributed by atoms with Crippen LogP contribution in [-0.2, 0) is 16.6 Å². The number of benzene rings is 2. The van der Waals surface area contributed by atoms with E-state index in [2.05, 4.69) is 0 Å². The topological polar surface area (TPSA) is 60.9 Å². The average molecular weight is 462 g/mol. The summed E-state index contributed by atoms with van der Waals surface area (Å²) in [7, 11) is 0.202. The number of sulfonamides is 1. The van der Waals surface area contributed by atoms with Gasteiger partial charge in [0.2, 0.25) is 10.0 Å². The molecule has 3 rings (SSSR count). The van der Waals surface area contributed by atoms with Gasteiger partial charge in [0.05, 0.1) is 4.90 Å². The average Bonchev–Trinajstić information content (AvgIpc) is 2.78. The van der Waals surface area contributed by atoms with Gasteiger partial charge in [0.25, 0.3) is 5.91 Å². The molecule has 0 atom stereocenters. The lowest BCUT2D eigenvalue weighted by atomic mass is 10.1. The molecule has 1 fully saturated rings. The van der Waals surface area contributed by atoms with E-state index in [1.165, 1.54) is 22.5 Å². The maximum Gasteiger partial charge on any atom is 0.254 e. The summed E-state index contributed by atoms with van der Waals surface area (Å²) in [4.78, 5) is 17.3. The Balaban J connectivity index is 1.89. The molecule has 1 aliphatic rings. The number of carbonyl (C=O) groups excluding carboxylic acids is 1. The Bertz CT molecular complexity index is 1030. The van der Waals surface area contributed by atoms with Gasteiger partial charge in [-0.25, -0.2) is 12.8 Å². The van der Waals surface area contributed by atoms with Gasteiger partial charge in [-0.15, -0.1) is 0 Å². The molecule has 2 aromatic rings. The van der Waals surface area contributed by atoms with Crippen molar-refractivity contribution in [1.82, 2.24) is 14.1 Å². The van der Waals surface area contributed by atoms with E-state index in [1.54, 1.807) is 36.1 Å². The van der Waals surface area contributed by atoms with Gasteiger partial charge < -0.3 is 9.80 Å². The molecule has 0 aromatic heterocycles. The second-order valence-electron chi connectivity index (χ2n) is 8.60. The number of hydrogen-bond acceptors (Lipinski definition) is 4. The number of carbonyl (C=O) groups is 1. The van der Waals surface area contributed by atoms with E-state index in [0.29, 0.717) is 43.9 Å². The van der Waals surface area contributed by atoms with E-state index >= 15 is 0 Å². The Morgan fingerprint density at radius 1 is 1.00 bits per heavy atom. The van der Waals surface area contributed by atoms with Crippen LogP contribution in [0.1, 0.15) is 40.7 Å². The molecular formula is C24H32FN3O3S. The normalized spacial score (nSPS) is 15.2. The van der Waals surface area contributed by atoms with E-state index in [4.69, 9.17) is 0 Å². The summed E-state index contributed by atoms with van der Waals surface area (Å²) < 4.78 is 41.3. The number of halogens is 1. The van der Waals surface area contributed by atoms with Crippen LogP contribution in [0.2, 0.25) is 0 Å². The standard InChI is InChI=1S/C24H32FN3O3S/c1-19-7-10-21(17-23(19)32(30,31)28-13-5-4-6-14-28)24(29)27(16-15-26(2)3)18-20-8-11-22(25)12-9-20/h7-12,17H,4-6,13-16,18H2,1-3H3. The first-order chi connectivity index (χ1) is 15.2. The van der Waals surface area contributed by atoms with E-state index in [-0.39, 0.29) is 16.6 Å². The van der Waals surface area contributed by atoms with Crippen molar-refractivity contribution >= 4 is 15.9 Å². The third-order valence-electron chi connectivity index (χ3n) is 5.76. The summed E-state index contributed by atoms with van der Waals surface area (Å²) in [5, 5.41) is 0. The monoisotopic (exact) mass is 461 g/mol. The summed E-state index contributed by atoms with van der Waals surface area (Å²) in [6, 6.07) is 11.0. The summed E-state index contributed by atoms with van der Waals surface area (Å²) in [6.45, 7) is 4.21. The number of likely N-dealkylation sites (N-methyl/N-ethyl adjacent to an activating group) is 1. The quantitative estimate of drug-likeness (QED) is 0.604. The van der Waals surface area contributed by atoms with Crippen molar-refractivity contribution in [1.29, 1.82) is 0 Å². The molecule has 0 bridgehead atoms. The summed E-state index contributed by atoms with van der Waals surface area (Å²) in [5.74, 6) is -0.572. The molecule has 8 heteroatoms. The SMILES string of the molecule is Cc1ccc(C(=O)N(CCN(C)C)Cc2ccc(F)cc2)cc1S(=O)(=O)N1CCCCC1. The lowest BCUT2D eigenvalue weighted by Crippen LogP contribution is -2.37. The second kappa shape index (κ2) is 10.6. The first-order valence-corrected chi connectivity index (χ1v) is 12.4. The van der Waals surface area contributed by atoms with Crippen LogP contribution in [0.25, 0.3) is 0 Å². The fourth-order valence-corrected chi connectivity index (χ4v) is 5.59. The van der Waals surface area contributed by atoms with Crippen LogP contribution in [0.15, 0.2) is 47.4 Å². The van der Waals surface area contributed by atoms with Gasteiger partial charge in [0.1, 0.15) is 5.82 Å². The minimum atomic E-state index is -3.65. The van der Waals surface area contributed by atoms with E-state index < -0.39 is 10.0 Å². The number of amides is 1. The molecule has 2 aromatic carbocycles. The number of hydrogen-bond donors (Lipinski definition) is 0. The summed E-state index contributed by atoms with van der Waals surface area (Å²) in [5.41, 5.74) is 1.78. The Kier molecular flexibility index (Phi) is 8.03. The second-order valence-corrected chi connectivity index (χ2v) is 10.5. The third kappa shape index (κ3) is 5.94. The summed E-state index contributed by atoms with van der Waals surface area (Å²) in [6.07, 6.45) is 2.74. The maximum absolute atomic E-state index is 13.4. The Morgan fingerprint density at radius 3 is 2.28 bits per heavy atom. The zero-order valence-corrected chi connectivity index (χ0v) is 19.9. The molecular weight excluding hydrogens is 429 g/mol. The molecule has 0 unspecified atom stereocenters. The molecule has 174 valence electrons. The largest absolute Gasteiger partial charge is 0.333 e. The minimum absolute atomic E-state index is 0.194. The molecule has 32 heavy (non-hydrogen) atoms. The molecule has 0 N–H and O–H groups in total. The van der Waals surface area contributed by atoms with Gasteiger partial charge >= 0.3 is 0 Å². The first kappa shape index (κ1) is 24.4. The molecule has 0 aliphatic carbocycles. The van der Waals surface area contributed by atoms with Crippen molar-refractivity contribution in [2.45, 2.75) is 37.6 Å². The Hall–Kier alpha value is -2.29. The predicted octanol–water partition coefficient (Wildman–Crippen LogP) is 3.51. The number of rotatable bonds is 8. The molecule has 1 saturated heterocycles. The Morgan fingerprint density at radius 2 is 1.66 bits per heavy atom. The van der Waals surface area contributed by atoms with Gasteiger partial charge in [0, 0.05) is 38.3 Å². The Labute approximate surface area is 190 Å². The molecule has 1 aliphatic heterocycles. The van der Waals surface area contributed by atoms with Crippen LogP contribution in [0.4, 0.5) is 4.39 Å². The molecule has 6 nitrogen and oxygen atoms in total. The number of nitrogens with zero attached hydrogens (tertiary/aromatic N) is 3. The van der Waals surface area contributed by atoms with Crippen LogP contribution in [0.5, 0.6) is 0 Å². The van der Waals surface area contributed by atoms with Crippen molar-refractivity contribution in [2.24, 2.45) is 0 Å². The fourth-order valence-electron chi connectivity index (χ4n) is 3.82. The van der Waals surface area contributed by atoms with Crippen molar-refractivity contribution in [2.75, 3.05) is 40.3 Å². The van der Waals surface area contributed by atoms with E-state index in [9.17, 15) is 17.6 Å². The van der Waals surface area contributed by atoms with E-state index in [0.717, 1.165) is 24.8 Å². The number of aryl methyl sites for hydroxylation is 1. The van der Waals surface area contributed by atoms with Crippen LogP contribution in [0.3, 0.4) is 0 Å². The molecule has 0 radical (unpaired) electrons. The predicted molar refractivity (Wildman–Crippen MR) is 123 cm³/mol. The number of piperidine rings is 1. The van der Waals surface area contributed by atoms with Gasteiger partial charge in [-0.05, 0) is 69.3 Å². The van der Waals surface area contributed by atoms with Gasteiger partial charge in [0.15, 0.2) is 0 Å². The maximum atomic E-state index is 13.4. The van der Waals surface area contributed by atoms with Crippen molar-refractivity contribution in [3.63, 3.8) is 0 Å². The third-order valence-corrected chi connectivity index (χ3v) is 7.80. The highest BCUT2D eigenvalue weighted by Gasteiger charge is 2.28. The van der Waals surface area contributed by atoms with E-state index in [1.807, 2.05) is 19.0 Å². The highest BCUT2D eigenvalue weighted by atomic mass is 32.2. The molecule has 1 amide bonds. The summed E-state index contributed by atoms with van der Waals surface area (Å²) >= 11 is 0. The fraction of sp³-hybridized carbons (Fsp3) is 0.458. The highest BCUT2D eigenvalue weighted by Crippen LogP contribution is 2.25. The first-order valence-electron chi connectivity index (χ1n) is 11.0. The highest BCUT2D eigenvalue weighted by molar-refractivity contribution is 7.89. The molecule has 0 spiro atoms. The minimum Gasteiger partial charge on any atom is -0.333 e. The zero-order chi connectivity index (χ0) is 23.3. The van der Waals surface area contributed by atoms with Crippen molar-refractivity contribution < 1.29 is 17.6 Å². The molecule has 1 heterocycles. The van der Waals surface area contributed by atoms with Gasteiger partial charge in [-0.3, -0.25) is 4.79 Å². The lowest BCUT2D eigenvalue weighted by Gasteiger charge is -2.27. The van der Waals surface area contributed by atoms with Crippen LogP contribution in [-0.4, -0.2) is 68.7 Å². The van der Waals surface area contributed by atoms with Crippen molar-refractivity contribution in [3.05, 3.63) is 65.0 Å². The van der Waals surface area contributed by atoms with Gasteiger partial charge in [-0.1, -0.05) is 24.6 Å². The van der Waals surface area contributed by atoms with Crippen LogP contribution in [0, 0.1) is 12.7 Å². The van der Waals surface area contributed by atoms with Crippen LogP contribution < -0.4 is 0 Å². The smallest absolute Gasteiger partial charge is 0.254 e. The lowest BCUT2D eigenvalue weighted by molar-refractivity contribution is 0.0731. The molecule has 0 saturated carbocycles.